The second kappa shape index (κ2) is 6.43. The zero-order valence-electron chi connectivity index (χ0n) is 12.0. The highest BCUT2D eigenvalue weighted by atomic mass is 19.2. The first-order valence-corrected chi connectivity index (χ1v) is 6.62. The van der Waals surface area contributed by atoms with Crippen molar-refractivity contribution in [1.29, 1.82) is 0 Å². The fraction of sp³-hybridized carbons (Fsp3) is 0.357. The molecule has 0 unspecified atom stereocenters. The third kappa shape index (κ3) is 3.62. The van der Waals surface area contributed by atoms with Gasteiger partial charge in [-0.3, -0.25) is 0 Å². The first-order valence-electron chi connectivity index (χ1n) is 6.62. The third-order valence-electron chi connectivity index (χ3n) is 2.48. The van der Waals surface area contributed by atoms with E-state index in [1.165, 1.54) is 12.1 Å². The van der Waals surface area contributed by atoms with Gasteiger partial charge in [0.05, 0.1) is 11.7 Å². The number of benzene rings is 1. The van der Waals surface area contributed by atoms with Crippen LogP contribution in [0.15, 0.2) is 18.2 Å². The minimum Gasteiger partial charge on any atom is -0.461 e. The summed E-state index contributed by atoms with van der Waals surface area (Å²) >= 11 is 0. The van der Waals surface area contributed by atoms with Gasteiger partial charge in [0, 0.05) is 6.54 Å². The molecule has 0 saturated heterocycles. The molecule has 1 heterocycles. The predicted octanol–water partition coefficient (Wildman–Crippen LogP) is 3.04. The topological polar surface area (TPSA) is 59.9 Å². The van der Waals surface area contributed by atoms with E-state index in [1.54, 1.807) is 0 Å². The fourth-order valence-electron chi connectivity index (χ4n) is 1.65. The van der Waals surface area contributed by atoms with Crippen molar-refractivity contribution in [2.24, 2.45) is 0 Å². The number of halogens is 2. The standard InChI is InChI=1S/C14H16F2N4O/c1-4-17-13-18-12(19-14(20-13)21-8(2)3)9-6-5-7-10(15)11(9)16/h5-8H,4H2,1-3H3,(H,17,18,19,20). The lowest BCUT2D eigenvalue weighted by Gasteiger charge is -2.11. The molecule has 0 atom stereocenters. The molecule has 21 heavy (non-hydrogen) atoms. The van der Waals surface area contributed by atoms with Gasteiger partial charge >= 0.3 is 6.01 Å². The zero-order chi connectivity index (χ0) is 15.4. The van der Waals surface area contributed by atoms with Crippen molar-refractivity contribution in [2.45, 2.75) is 26.9 Å². The van der Waals surface area contributed by atoms with Crippen LogP contribution < -0.4 is 10.1 Å². The third-order valence-corrected chi connectivity index (χ3v) is 2.48. The van der Waals surface area contributed by atoms with Crippen molar-refractivity contribution in [3.63, 3.8) is 0 Å². The maximum absolute atomic E-state index is 13.9. The Morgan fingerprint density at radius 3 is 2.62 bits per heavy atom. The van der Waals surface area contributed by atoms with E-state index in [-0.39, 0.29) is 29.5 Å². The second-order valence-electron chi connectivity index (χ2n) is 4.56. The molecule has 0 fully saturated rings. The molecule has 2 aromatic rings. The van der Waals surface area contributed by atoms with Gasteiger partial charge in [-0.1, -0.05) is 6.07 Å². The summed E-state index contributed by atoms with van der Waals surface area (Å²) in [6.45, 7) is 6.09. The number of ether oxygens (including phenoxy) is 1. The Labute approximate surface area is 121 Å². The molecule has 1 aromatic heterocycles. The van der Waals surface area contributed by atoms with Crippen LogP contribution in [0.2, 0.25) is 0 Å². The van der Waals surface area contributed by atoms with Gasteiger partial charge in [-0.25, -0.2) is 8.78 Å². The zero-order valence-corrected chi connectivity index (χ0v) is 12.0. The van der Waals surface area contributed by atoms with Crippen LogP contribution in [0.4, 0.5) is 14.7 Å². The molecule has 0 aliphatic rings. The lowest BCUT2D eigenvalue weighted by Crippen LogP contribution is -2.12. The van der Waals surface area contributed by atoms with Crippen molar-refractivity contribution < 1.29 is 13.5 Å². The number of hydrogen-bond acceptors (Lipinski definition) is 5. The van der Waals surface area contributed by atoms with Crippen LogP contribution in [-0.2, 0) is 0 Å². The molecule has 7 heteroatoms. The lowest BCUT2D eigenvalue weighted by molar-refractivity contribution is 0.222. The normalized spacial score (nSPS) is 10.8. The summed E-state index contributed by atoms with van der Waals surface area (Å²) in [4.78, 5) is 12.2. The number of rotatable bonds is 5. The molecule has 0 spiro atoms. The van der Waals surface area contributed by atoms with Crippen LogP contribution in [0.5, 0.6) is 6.01 Å². The Morgan fingerprint density at radius 2 is 1.95 bits per heavy atom. The molecule has 112 valence electrons. The molecule has 1 aromatic carbocycles. The van der Waals surface area contributed by atoms with Crippen LogP contribution in [-0.4, -0.2) is 27.6 Å². The molecule has 0 aliphatic carbocycles. The highest BCUT2D eigenvalue weighted by Gasteiger charge is 2.16. The summed E-state index contributed by atoms with van der Waals surface area (Å²) in [6.07, 6.45) is -0.146. The van der Waals surface area contributed by atoms with Crippen LogP contribution >= 0.6 is 0 Å². The predicted molar refractivity (Wildman–Crippen MR) is 75.1 cm³/mol. The summed E-state index contributed by atoms with van der Waals surface area (Å²) in [6, 6.07) is 3.90. The SMILES string of the molecule is CCNc1nc(OC(C)C)nc(-c2cccc(F)c2F)n1. The largest absolute Gasteiger partial charge is 0.461 e. The molecule has 5 nitrogen and oxygen atoms in total. The minimum absolute atomic E-state index is 0.0219. The van der Waals surface area contributed by atoms with Gasteiger partial charge in [0.2, 0.25) is 5.95 Å². The van der Waals surface area contributed by atoms with Gasteiger partial charge < -0.3 is 10.1 Å². The van der Waals surface area contributed by atoms with Gasteiger partial charge in [0.1, 0.15) is 0 Å². The Bertz CT molecular complexity index is 634. The first-order chi connectivity index (χ1) is 10.0. The van der Waals surface area contributed by atoms with Gasteiger partial charge in [0.25, 0.3) is 0 Å². The van der Waals surface area contributed by atoms with Crippen molar-refractivity contribution in [3.05, 3.63) is 29.8 Å². The van der Waals surface area contributed by atoms with E-state index in [1.807, 2.05) is 20.8 Å². The van der Waals surface area contributed by atoms with E-state index >= 15 is 0 Å². The number of nitrogens with one attached hydrogen (secondary N) is 1. The highest BCUT2D eigenvalue weighted by Crippen LogP contribution is 2.23. The number of aromatic nitrogens is 3. The Hall–Kier alpha value is -2.31. The van der Waals surface area contributed by atoms with E-state index in [9.17, 15) is 8.78 Å². The highest BCUT2D eigenvalue weighted by molar-refractivity contribution is 5.57. The van der Waals surface area contributed by atoms with E-state index in [4.69, 9.17) is 4.74 Å². The molecular formula is C14H16F2N4O. The average molecular weight is 294 g/mol. The van der Waals surface area contributed by atoms with Crippen molar-refractivity contribution in [3.8, 4) is 17.4 Å². The van der Waals surface area contributed by atoms with E-state index in [2.05, 4.69) is 20.3 Å². The molecule has 0 radical (unpaired) electrons. The maximum Gasteiger partial charge on any atom is 0.322 e. The summed E-state index contributed by atoms with van der Waals surface area (Å²) in [5.41, 5.74) is -0.0369. The second-order valence-corrected chi connectivity index (χ2v) is 4.56. The molecule has 0 saturated carbocycles. The Balaban J connectivity index is 2.51. The Morgan fingerprint density at radius 1 is 1.19 bits per heavy atom. The Kier molecular flexibility index (Phi) is 4.62. The van der Waals surface area contributed by atoms with E-state index < -0.39 is 11.6 Å². The lowest BCUT2D eigenvalue weighted by atomic mass is 10.2. The van der Waals surface area contributed by atoms with Crippen LogP contribution in [0.3, 0.4) is 0 Å². The quantitative estimate of drug-likeness (QED) is 0.918. The van der Waals surface area contributed by atoms with Crippen LogP contribution in [0.1, 0.15) is 20.8 Å². The molecular weight excluding hydrogens is 278 g/mol. The van der Waals surface area contributed by atoms with Gasteiger partial charge in [-0.05, 0) is 32.9 Å². The monoisotopic (exact) mass is 294 g/mol. The number of nitrogens with zero attached hydrogens (tertiary/aromatic N) is 3. The summed E-state index contributed by atoms with van der Waals surface area (Å²) in [5, 5.41) is 2.91. The van der Waals surface area contributed by atoms with Gasteiger partial charge in [-0.2, -0.15) is 15.0 Å². The van der Waals surface area contributed by atoms with E-state index in [0.717, 1.165) is 6.07 Å². The van der Waals surface area contributed by atoms with E-state index in [0.29, 0.717) is 6.54 Å². The van der Waals surface area contributed by atoms with Gasteiger partial charge in [-0.15, -0.1) is 0 Å². The van der Waals surface area contributed by atoms with Gasteiger partial charge in [0.15, 0.2) is 17.5 Å². The van der Waals surface area contributed by atoms with Crippen molar-refractivity contribution >= 4 is 5.95 Å². The molecule has 0 amide bonds. The molecule has 2 rings (SSSR count). The van der Waals surface area contributed by atoms with Crippen molar-refractivity contribution in [2.75, 3.05) is 11.9 Å². The number of hydrogen-bond donors (Lipinski definition) is 1. The average Bonchev–Trinajstić information content (AvgIpc) is 2.41. The van der Waals surface area contributed by atoms with Crippen LogP contribution in [0.25, 0.3) is 11.4 Å². The first kappa shape index (κ1) is 15.1. The molecule has 1 N–H and O–H groups in total. The van der Waals surface area contributed by atoms with Crippen molar-refractivity contribution in [1.82, 2.24) is 15.0 Å². The molecule has 0 bridgehead atoms. The van der Waals surface area contributed by atoms with Crippen LogP contribution in [0, 0.1) is 11.6 Å². The minimum atomic E-state index is -0.998. The smallest absolute Gasteiger partial charge is 0.322 e. The summed E-state index contributed by atoms with van der Waals surface area (Å²) in [5.74, 6) is -1.68. The number of anilines is 1. The maximum atomic E-state index is 13.9. The fourth-order valence-corrected chi connectivity index (χ4v) is 1.65. The summed E-state index contributed by atoms with van der Waals surface area (Å²) in [7, 11) is 0. The summed E-state index contributed by atoms with van der Waals surface area (Å²) < 4.78 is 32.6. The molecule has 0 aliphatic heterocycles.